The molecular formula is C26H19N3O7S. The number of anilines is 1. The quantitative estimate of drug-likeness (QED) is 0.126. The van der Waals surface area contributed by atoms with Crippen molar-refractivity contribution >= 4 is 49.8 Å². The Morgan fingerprint density at radius 2 is 1.65 bits per heavy atom. The smallest absolute Gasteiger partial charge is 0.301 e. The Kier molecular flexibility index (Phi) is 6.06. The Labute approximate surface area is 214 Å². The number of aliphatic hydroxyl groups is 1. The minimum absolute atomic E-state index is 0.150. The number of nitro benzene ring substituents is 1. The van der Waals surface area contributed by atoms with Crippen molar-refractivity contribution in [3.8, 4) is 11.5 Å². The number of hydrogen-bond acceptors (Lipinski definition) is 9. The maximum atomic E-state index is 13.4. The molecule has 1 amide bonds. The van der Waals surface area contributed by atoms with Crippen molar-refractivity contribution in [2.24, 2.45) is 0 Å². The maximum Gasteiger partial charge on any atom is 0.301 e. The lowest BCUT2D eigenvalue weighted by molar-refractivity contribution is -0.384. The van der Waals surface area contributed by atoms with Crippen molar-refractivity contribution in [3.63, 3.8) is 0 Å². The number of methoxy groups -OCH3 is 2. The van der Waals surface area contributed by atoms with E-state index in [4.69, 9.17) is 9.47 Å². The Morgan fingerprint density at radius 1 is 1.00 bits per heavy atom. The molecular weight excluding hydrogens is 498 g/mol. The van der Waals surface area contributed by atoms with Crippen LogP contribution in [0, 0.1) is 10.1 Å². The number of hydrogen-bond donors (Lipinski definition) is 1. The molecule has 1 saturated heterocycles. The fraction of sp³-hybridized carbons (Fsp3) is 0.115. The van der Waals surface area contributed by atoms with Gasteiger partial charge >= 0.3 is 5.91 Å². The summed E-state index contributed by atoms with van der Waals surface area (Å²) in [4.78, 5) is 43.1. The third-order valence-corrected chi connectivity index (χ3v) is 7.04. The van der Waals surface area contributed by atoms with Crippen LogP contribution in [0.4, 0.5) is 10.8 Å². The van der Waals surface area contributed by atoms with Crippen LogP contribution in [0.15, 0.2) is 72.3 Å². The van der Waals surface area contributed by atoms with Gasteiger partial charge in [0.2, 0.25) is 0 Å². The molecule has 2 heterocycles. The first-order chi connectivity index (χ1) is 17.8. The number of carbonyl (C=O) groups excluding carboxylic acids is 2. The normalized spacial score (nSPS) is 16.8. The number of ketones is 1. The van der Waals surface area contributed by atoms with E-state index in [-0.39, 0.29) is 22.2 Å². The predicted octanol–water partition coefficient (Wildman–Crippen LogP) is 4.85. The van der Waals surface area contributed by atoms with E-state index in [1.165, 1.54) is 54.7 Å². The summed E-state index contributed by atoms with van der Waals surface area (Å²) in [5, 5.41) is 22.6. The molecule has 0 aliphatic carbocycles. The second kappa shape index (κ2) is 9.36. The lowest BCUT2D eigenvalue weighted by atomic mass is 9.95. The minimum Gasteiger partial charge on any atom is -0.507 e. The van der Waals surface area contributed by atoms with Crippen LogP contribution in [0.2, 0.25) is 0 Å². The SMILES string of the molecule is COc1ccc(C(O)=C2C(=O)C(=O)N(c3nc4ccc(OC)cc4s3)C2c2ccc([N+](=O)[O-])cc2)cc1. The zero-order chi connectivity index (χ0) is 26.3. The van der Waals surface area contributed by atoms with Crippen molar-refractivity contribution < 1.29 is 29.1 Å². The van der Waals surface area contributed by atoms with Gasteiger partial charge in [-0.25, -0.2) is 4.98 Å². The first-order valence-electron chi connectivity index (χ1n) is 11.0. The standard InChI is InChI=1S/C26H19N3O7S/c1-35-17-9-5-15(6-10-17)23(30)21-22(14-3-7-16(8-4-14)29(33)34)28(25(32)24(21)31)26-27-19-12-11-18(36-2)13-20(19)37-26/h3-13,22,30H,1-2H3. The van der Waals surface area contributed by atoms with Gasteiger partial charge in [0, 0.05) is 17.7 Å². The summed E-state index contributed by atoms with van der Waals surface area (Å²) < 4.78 is 11.2. The molecule has 10 nitrogen and oxygen atoms in total. The van der Waals surface area contributed by atoms with Crippen LogP contribution < -0.4 is 14.4 Å². The molecule has 0 radical (unpaired) electrons. The number of thiazole rings is 1. The number of benzene rings is 3. The van der Waals surface area contributed by atoms with Gasteiger partial charge in [-0.1, -0.05) is 11.3 Å². The Hall–Kier alpha value is -4.77. The largest absolute Gasteiger partial charge is 0.507 e. The molecule has 4 aromatic rings. The Bertz CT molecular complexity index is 1580. The van der Waals surface area contributed by atoms with E-state index in [2.05, 4.69) is 4.98 Å². The van der Waals surface area contributed by atoms with Crippen LogP contribution in [0.5, 0.6) is 11.5 Å². The Balaban J connectivity index is 1.70. The lowest BCUT2D eigenvalue weighted by Crippen LogP contribution is -2.29. The third kappa shape index (κ3) is 4.15. The maximum absolute atomic E-state index is 13.4. The monoisotopic (exact) mass is 517 g/mol. The summed E-state index contributed by atoms with van der Waals surface area (Å²) in [6.07, 6.45) is 0. The fourth-order valence-electron chi connectivity index (χ4n) is 4.15. The van der Waals surface area contributed by atoms with Crippen LogP contribution in [0.25, 0.3) is 16.0 Å². The van der Waals surface area contributed by atoms with E-state index >= 15 is 0 Å². The summed E-state index contributed by atoms with van der Waals surface area (Å²) in [6.45, 7) is 0. The number of ether oxygens (including phenoxy) is 2. The molecule has 1 fully saturated rings. The zero-order valence-corrected chi connectivity index (χ0v) is 20.4. The van der Waals surface area contributed by atoms with Gasteiger partial charge < -0.3 is 14.6 Å². The van der Waals surface area contributed by atoms with Crippen LogP contribution >= 0.6 is 11.3 Å². The van der Waals surface area contributed by atoms with E-state index in [1.54, 1.807) is 42.5 Å². The first-order valence-corrected chi connectivity index (χ1v) is 11.8. The van der Waals surface area contributed by atoms with Crippen molar-refractivity contribution in [1.29, 1.82) is 0 Å². The molecule has 1 atom stereocenters. The van der Waals surface area contributed by atoms with Gasteiger partial charge in [0.15, 0.2) is 5.13 Å². The minimum atomic E-state index is -1.06. The molecule has 1 unspecified atom stereocenters. The molecule has 0 saturated carbocycles. The fourth-order valence-corrected chi connectivity index (χ4v) is 5.17. The molecule has 0 bridgehead atoms. The number of carbonyl (C=O) groups is 2. The third-order valence-electron chi connectivity index (χ3n) is 6.02. The first kappa shape index (κ1) is 23.9. The number of fused-ring (bicyclic) bond motifs is 1. The van der Waals surface area contributed by atoms with E-state index < -0.39 is 22.7 Å². The van der Waals surface area contributed by atoms with Gasteiger partial charge in [-0.05, 0) is 60.2 Å². The van der Waals surface area contributed by atoms with Crippen LogP contribution in [-0.2, 0) is 9.59 Å². The molecule has 11 heteroatoms. The number of rotatable bonds is 6. The van der Waals surface area contributed by atoms with E-state index in [9.17, 15) is 24.8 Å². The summed E-state index contributed by atoms with van der Waals surface area (Å²) in [5.41, 5.74) is 1.00. The molecule has 1 aliphatic rings. The highest BCUT2D eigenvalue weighted by Crippen LogP contribution is 2.45. The van der Waals surface area contributed by atoms with E-state index in [0.29, 0.717) is 28.1 Å². The Morgan fingerprint density at radius 3 is 2.27 bits per heavy atom. The number of nitrogens with zero attached hydrogens (tertiary/aromatic N) is 3. The van der Waals surface area contributed by atoms with Crippen LogP contribution in [0.3, 0.4) is 0 Å². The topological polar surface area (TPSA) is 132 Å². The zero-order valence-electron chi connectivity index (χ0n) is 19.6. The molecule has 1 aliphatic heterocycles. The number of nitro groups is 1. The van der Waals surface area contributed by atoms with E-state index in [1.807, 2.05) is 0 Å². The number of amides is 1. The molecule has 1 aromatic heterocycles. The molecule has 1 N–H and O–H groups in total. The molecule has 3 aromatic carbocycles. The van der Waals surface area contributed by atoms with Crippen molar-refractivity contribution in [3.05, 3.63) is 93.5 Å². The molecule has 5 rings (SSSR count). The number of aromatic nitrogens is 1. The van der Waals surface area contributed by atoms with Crippen LogP contribution in [-0.4, -0.2) is 40.9 Å². The molecule has 186 valence electrons. The van der Waals surface area contributed by atoms with Gasteiger partial charge in [-0.2, -0.15) is 0 Å². The average Bonchev–Trinajstić information content (AvgIpc) is 3.45. The summed E-state index contributed by atoms with van der Waals surface area (Å²) in [7, 11) is 3.04. The number of Topliss-reactive ketones (excluding diaryl/α,β-unsaturated/α-hetero) is 1. The highest BCUT2D eigenvalue weighted by atomic mass is 32.1. The average molecular weight is 518 g/mol. The molecule has 0 spiro atoms. The second-order valence-corrected chi connectivity index (χ2v) is 9.09. The lowest BCUT2D eigenvalue weighted by Gasteiger charge is -2.22. The molecule has 37 heavy (non-hydrogen) atoms. The van der Waals surface area contributed by atoms with Crippen LogP contribution in [0.1, 0.15) is 17.2 Å². The highest BCUT2D eigenvalue weighted by Gasteiger charge is 2.48. The van der Waals surface area contributed by atoms with Gasteiger partial charge in [0.1, 0.15) is 17.3 Å². The summed E-state index contributed by atoms with van der Waals surface area (Å²) in [5.74, 6) is -0.988. The van der Waals surface area contributed by atoms with Gasteiger partial charge in [-0.15, -0.1) is 0 Å². The van der Waals surface area contributed by atoms with Crippen molar-refractivity contribution in [1.82, 2.24) is 4.98 Å². The summed E-state index contributed by atoms with van der Waals surface area (Å²) >= 11 is 1.18. The van der Waals surface area contributed by atoms with Gasteiger partial charge in [0.05, 0.1) is 41.0 Å². The predicted molar refractivity (Wildman–Crippen MR) is 137 cm³/mol. The summed E-state index contributed by atoms with van der Waals surface area (Å²) in [6, 6.07) is 16.0. The number of non-ortho nitro benzene ring substituents is 1. The number of aliphatic hydroxyl groups excluding tert-OH is 1. The van der Waals surface area contributed by atoms with Gasteiger partial charge in [-0.3, -0.25) is 24.6 Å². The second-order valence-electron chi connectivity index (χ2n) is 8.08. The van der Waals surface area contributed by atoms with Gasteiger partial charge in [0.25, 0.3) is 11.5 Å². The highest BCUT2D eigenvalue weighted by molar-refractivity contribution is 7.22. The van der Waals surface area contributed by atoms with Crippen molar-refractivity contribution in [2.75, 3.05) is 19.1 Å². The van der Waals surface area contributed by atoms with E-state index in [0.717, 1.165) is 4.70 Å². The van der Waals surface area contributed by atoms with Crippen molar-refractivity contribution in [2.45, 2.75) is 6.04 Å².